The summed E-state index contributed by atoms with van der Waals surface area (Å²) in [6, 6.07) is 18.1. The van der Waals surface area contributed by atoms with Crippen LogP contribution >= 0.6 is 0 Å². The molecule has 0 bridgehead atoms. The van der Waals surface area contributed by atoms with Crippen molar-refractivity contribution in [1.29, 1.82) is 0 Å². The summed E-state index contributed by atoms with van der Waals surface area (Å²) in [5.41, 5.74) is 1.26. The van der Waals surface area contributed by atoms with Crippen molar-refractivity contribution >= 4 is 0 Å². The molecule has 0 atom stereocenters. The third-order valence-corrected chi connectivity index (χ3v) is 3.07. The molecule has 106 valence electrons. The third kappa shape index (κ3) is 4.68. The minimum Gasteiger partial charge on any atom is -0.457 e. The molecule has 0 aromatic heterocycles. The standard InChI is InChI=1S/C17H22N2O/c1-18-11-12-19(2)14-15-7-6-10-17(13-15)20-16-8-4-3-5-9-16/h3-10,13,18H,11-12,14H2,1-2H3. The number of benzene rings is 2. The van der Waals surface area contributed by atoms with Crippen LogP contribution in [0.5, 0.6) is 11.5 Å². The lowest BCUT2D eigenvalue weighted by molar-refractivity contribution is 0.327. The van der Waals surface area contributed by atoms with Gasteiger partial charge >= 0.3 is 0 Å². The summed E-state index contributed by atoms with van der Waals surface area (Å²) in [5.74, 6) is 1.75. The Hall–Kier alpha value is -1.84. The molecule has 0 aliphatic heterocycles. The first-order valence-corrected chi connectivity index (χ1v) is 6.93. The van der Waals surface area contributed by atoms with E-state index in [0.717, 1.165) is 31.1 Å². The van der Waals surface area contributed by atoms with Gasteiger partial charge in [-0.1, -0.05) is 30.3 Å². The molecule has 0 heterocycles. The highest BCUT2D eigenvalue weighted by molar-refractivity contribution is 5.33. The fourth-order valence-corrected chi connectivity index (χ4v) is 2.03. The van der Waals surface area contributed by atoms with E-state index in [2.05, 4.69) is 29.4 Å². The van der Waals surface area contributed by atoms with Gasteiger partial charge in [-0.3, -0.25) is 0 Å². The van der Waals surface area contributed by atoms with Gasteiger partial charge in [0.05, 0.1) is 0 Å². The van der Waals surface area contributed by atoms with Crippen LogP contribution in [0.15, 0.2) is 54.6 Å². The number of hydrogen-bond donors (Lipinski definition) is 1. The van der Waals surface area contributed by atoms with E-state index in [1.807, 2.05) is 49.5 Å². The van der Waals surface area contributed by atoms with Crippen molar-refractivity contribution < 1.29 is 4.74 Å². The van der Waals surface area contributed by atoms with Gasteiger partial charge in [0.15, 0.2) is 0 Å². The molecule has 0 fully saturated rings. The van der Waals surface area contributed by atoms with Crippen molar-refractivity contribution in [3.8, 4) is 11.5 Å². The van der Waals surface area contributed by atoms with Crippen LogP contribution in [-0.4, -0.2) is 32.1 Å². The average Bonchev–Trinajstić information content (AvgIpc) is 2.46. The van der Waals surface area contributed by atoms with Gasteiger partial charge in [0, 0.05) is 19.6 Å². The molecule has 3 nitrogen and oxygen atoms in total. The summed E-state index contributed by atoms with van der Waals surface area (Å²) in [4.78, 5) is 2.29. The van der Waals surface area contributed by atoms with Gasteiger partial charge < -0.3 is 15.0 Å². The van der Waals surface area contributed by atoms with Gasteiger partial charge in [-0.05, 0) is 43.9 Å². The summed E-state index contributed by atoms with van der Waals surface area (Å²) in [7, 11) is 4.10. The molecule has 0 aliphatic rings. The van der Waals surface area contributed by atoms with Gasteiger partial charge in [0.1, 0.15) is 11.5 Å². The maximum atomic E-state index is 5.85. The topological polar surface area (TPSA) is 24.5 Å². The molecule has 0 amide bonds. The lowest BCUT2D eigenvalue weighted by Crippen LogP contribution is -2.26. The highest BCUT2D eigenvalue weighted by Crippen LogP contribution is 2.22. The van der Waals surface area contributed by atoms with Gasteiger partial charge in [-0.25, -0.2) is 0 Å². The number of rotatable bonds is 7. The van der Waals surface area contributed by atoms with E-state index in [0.29, 0.717) is 0 Å². The van der Waals surface area contributed by atoms with Gasteiger partial charge in [-0.15, -0.1) is 0 Å². The van der Waals surface area contributed by atoms with Crippen LogP contribution in [0.1, 0.15) is 5.56 Å². The van der Waals surface area contributed by atoms with Crippen LogP contribution in [0.3, 0.4) is 0 Å². The maximum absolute atomic E-state index is 5.85. The fourth-order valence-electron chi connectivity index (χ4n) is 2.03. The number of nitrogens with zero attached hydrogens (tertiary/aromatic N) is 1. The Bertz CT molecular complexity index is 513. The quantitative estimate of drug-likeness (QED) is 0.836. The summed E-state index contributed by atoms with van der Waals surface area (Å²) in [6.07, 6.45) is 0. The zero-order valence-corrected chi connectivity index (χ0v) is 12.2. The second-order valence-electron chi connectivity index (χ2n) is 4.90. The molecule has 1 N–H and O–H groups in total. The Morgan fingerprint density at radius 2 is 1.75 bits per heavy atom. The van der Waals surface area contributed by atoms with E-state index in [1.54, 1.807) is 0 Å². The lowest BCUT2D eigenvalue weighted by Gasteiger charge is -2.16. The van der Waals surface area contributed by atoms with Gasteiger partial charge in [-0.2, -0.15) is 0 Å². The van der Waals surface area contributed by atoms with E-state index >= 15 is 0 Å². The molecule has 0 saturated carbocycles. The van der Waals surface area contributed by atoms with Gasteiger partial charge in [0.2, 0.25) is 0 Å². The molecule has 2 rings (SSSR count). The Kier molecular flexibility index (Phi) is 5.59. The second-order valence-corrected chi connectivity index (χ2v) is 4.90. The Labute approximate surface area is 121 Å². The lowest BCUT2D eigenvalue weighted by atomic mass is 10.2. The summed E-state index contributed by atoms with van der Waals surface area (Å²) >= 11 is 0. The van der Waals surface area contributed by atoms with E-state index in [4.69, 9.17) is 4.74 Å². The van der Waals surface area contributed by atoms with E-state index in [9.17, 15) is 0 Å². The first kappa shape index (κ1) is 14.6. The molecule has 0 spiro atoms. The number of hydrogen-bond acceptors (Lipinski definition) is 3. The Morgan fingerprint density at radius 3 is 2.50 bits per heavy atom. The predicted molar refractivity (Wildman–Crippen MR) is 83.2 cm³/mol. The smallest absolute Gasteiger partial charge is 0.127 e. The predicted octanol–water partition coefficient (Wildman–Crippen LogP) is 3.13. The highest BCUT2D eigenvalue weighted by atomic mass is 16.5. The molecule has 0 aliphatic carbocycles. The zero-order chi connectivity index (χ0) is 14.2. The number of para-hydroxylation sites is 1. The van der Waals surface area contributed by atoms with Crippen LogP contribution in [-0.2, 0) is 6.54 Å². The van der Waals surface area contributed by atoms with Crippen LogP contribution in [0.2, 0.25) is 0 Å². The molecule has 2 aromatic carbocycles. The van der Waals surface area contributed by atoms with Crippen LogP contribution < -0.4 is 10.1 Å². The summed E-state index contributed by atoms with van der Waals surface area (Å²) in [5, 5.41) is 3.16. The van der Waals surface area contributed by atoms with Crippen molar-refractivity contribution in [3.05, 3.63) is 60.2 Å². The monoisotopic (exact) mass is 270 g/mol. The highest BCUT2D eigenvalue weighted by Gasteiger charge is 2.02. The maximum Gasteiger partial charge on any atom is 0.127 e. The van der Waals surface area contributed by atoms with Crippen molar-refractivity contribution in [2.75, 3.05) is 27.2 Å². The summed E-state index contributed by atoms with van der Waals surface area (Å²) in [6.45, 7) is 2.95. The van der Waals surface area contributed by atoms with E-state index in [-0.39, 0.29) is 0 Å². The largest absolute Gasteiger partial charge is 0.457 e. The molecule has 2 aromatic rings. The number of ether oxygens (including phenoxy) is 1. The molecular formula is C17H22N2O. The summed E-state index contributed by atoms with van der Waals surface area (Å²) < 4.78 is 5.85. The van der Waals surface area contributed by atoms with Crippen molar-refractivity contribution in [3.63, 3.8) is 0 Å². The molecule has 0 unspecified atom stereocenters. The van der Waals surface area contributed by atoms with E-state index < -0.39 is 0 Å². The molecule has 3 heteroatoms. The SMILES string of the molecule is CNCCN(C)Cc1cccc(Oc2ccccc2)c1. The average molecular weight is 270 g/mol. The Morgan fingerprint density at radius 1 is 1.00 bits per heavy atom. The molecule has 0 saturated heterocycles. The van der Waals surface area contributed by atoms with Crippen LogP contribution in [0.4, 0.5) is 0 Å². The first-order valence-electron chi connectivity index (χ1n) is 6.93. The molecule has 20 heavy (non-hydrogen) atoms. The normalized spacial score (nSPS) is 10.8. The first-order chi connectivity index (χ1) is 9.78. The number of likely N-dealkylation sites (N-methyl/N-ethyl adjacent to an activating group) is 2. The Balaban J connectivity index is 1.97. The van der Waals surface area contributed by atoms with Crippen molar-refractivity contribution in [2.24, 2.45) is 0 Å². The minimum absolute atomic E-state index is 0.869. The second kappa shape index (κ2) is 7.68. The third-order valence-electron chi connectivity index (χ3n) is 3.07. The van der Waals surface area contributed by atoms with Gasteiger partial charge in [0.25, 0.3) is 0 Å². The van der Waals surface area contributed by atoms with E-state index in [1.165, 1.54) is 5.56 Å². The van der Waals surface area contributed by atoms with Crippen LogP contribution in [0.25, 0.3) is 0 Å². The molecular weight excluding hydrogens is 248 g/mol. The van der Waals surface area contributed by atoms with Crippen molar-refractivity contribution in [2.45, 2.75) is 6.54 Å². The fraction of sp³-hybridized carbons (Fsp3) is 0.294. The van der Waals surface area contributed by atoms with Crippen molar-refractivity contribution in [1.82, 2.24) is 10.2 Å². The zero-order valence-electron chi connectivity index (χ0n) is 12.2. The number of nitrogens with one attached hydrogen (secondary N) is 1. The molecule has 0 radical (unpaired) electrons. The minimum atomic E-state index is 0.869. The van der Waals surface area contributed by atoms with Crippen LogP contribution in [0, 0.1) is 0 Å².